The fraction of sp³-hybridized carbons (Fsp3) is 0.750. The molecule has 1 aromatic heterocycles. The lowest BCUT2D eigenvalue weighted by Gasteiger charge is -2.04. The molecule has 0 radical (unpaired) electrons. The van der Waals surface area contributed by atoms with E-state index in [2.05, 4.69) is 24.4 Å². The summed E-state index contributed by atoms with van der Waals surface area (Å²) in [5.74, 6) is 4.62. The highest BCUT2D eigenvalue weighted by atomic mass is 16.5. The second kappa shape index (κ2) is 6.10. The van der Waals surface area contributed by atoms with Crippen LogP contribution in [0.2, 0.25) is 0 Å². The van der Waals surface area contributed by atoms with Crippen LogP contribution >= 0.6 is 0 Å². The summed E-state index contributed by atoms with van der Waals surface area (Å²) in [5.41, 5.74) is 0. The quantitative estimate of drug-likeness (QED) is 0.694. The molecule has 0 aromatic carbocycles. The van der Waals surface area contributed by atoms with Gasteiger partial charge in [-0.2, -0.15) is 0 Å². The van der Waals surface area contributed by atoms with Crippen LogP contribution in [0.25, 0.3) is 0 Å². The van der Waals surface area contributed by atoms with Gasteiger partial charge >= 0.3 is 0 Å². The number of rotatable bonds is 9. The SMILES string of the molecule is CC1CC1c1ccc(CNCCCOCC2CC2)o1. The van der Waals surface area contributed by atoms with Gasteiger partial charge in [-0.25, -0.2) is 0 Å². The van der Waals surface area contributed by atoms with Crippen molar-refractivity contribution in [3.05, 3.63) is 23.7 Å². The van der Waals surface area contributed by atoms with Crippen LogP contribution in [-0.4, -0.2) is 19.8 Å². The van der Waals surface area contributed by atoms with Crippen molar-refractivity contribution >= 4 is 0 Å². The van der Waals surface area contributed by atoms with E-state index in [0.717, 1.165) is 50.3 Å². The Morgan fingerprint density at radius 1 is 1.37 bits per heavy atom. The molecule has 0 bridgehead atoms. The summed E-state index contributed by atoms with van der Waals surface area (Å²) in [6, 6.07) is 4.25. The molecule has 2 saturated carbocycles. The number of nitrogens with one attached hydrogen (secondary N) is 1. The third kappa shape index (κ3) is 4.08. The van der Waals surface area contributed by atoms with Crippen molar-refractivity contribution in [2.45, 2.75) is 45.1 Å². The Morgan fingerprint density at radius 3 is 2.95 bits per heavy atom. The molecule has 2 aliphatic rings. The lowest BCUT2D eigenvalue weighted by molar-refractivity contribution is 0.122. The van der Waals surface area contributed by atoms with Crippen LogP contribution in [0.15, 0.2) is 16.5 Å². The smallest absolute Gasteiger partial charge is 0.117 e. The first-order chi connectivity index (χ1) is 9.33. The van der Waals surface area contributed by atoms with Crippen molar-refractivity contribution in [3.63, 3.8) is 0 Å². The highest BCUT2D eigenvalue weighted by molar-refractivity contribution is 5.17. The molecular formula is C16H25NO2. The minimum absolute atomic E-state index is 0.685. The molecule has 0 saturated heterocycles. The van der Waals surface area contributed by atoms with E-state index in [1.54, 1.807) is 0 Å². The van der Waals surface area contributed by atoms with Gasteiger partial charge in [-0.1, -0.05) is 6.92 Å². The first kappa shape index (κ1) is 13.2. The predicted octanol–water partition coefficient (Wildman–Crippen LogP) is 3.31. The van der Waals surface area contributed by atoms with E-state index in [4.69, 9.17) is 9.15 Å². The Hall–Kier alpha value is -0.800. The average Bonchev–Trinajstić information content (AvgIpc) is 3.31. The predicted molar refractivity (Wildman–Crippen MR) is 75.1 cm³/mol. The molecule has 2 unspecified atom stereocenters. The zero-order valence-corrected chi connectivity index (χ0v) is 11.9. The van der Waals surface area contributed by atoms with E-state index in [9.17, 15) is 0 Å². The van der Waals surface area contributed by atoms with Gasteiger partial charge in [0.15, 0.2) is 0 Å². The van der Waals surface area contributed by atoms with Gasteiger partial charge in [-0.3, -0.25) is 0 Å². The van der Waals surface area contributed by atoms with Gasteiger partial charge < -0.3 is 14.5 Å². The van der Waals surface area contributed by atoms with Crippen molar-refractivity contribution < 1.29 is 9.15 Å². The molecule has 106 valence electrons. The van der Waals surface area contributed by atoms with Gasteiger partial charge in [0.1, 0.15) is 11.5 Å². The summed E-state index contributed by atoms with van der Waals surface area (Å²) in [5, 5.41) is 3.42. The summed E-state index contributed by atoms with van der Waals surface area (Å²) < 4.78 is 11.5. The third-order valence-corrected chi connectivity index (χ3v) is 4.15. The molecule has 0 aliphatic heterocycles. The van der Waals surface area contributed by atoms with E-state index in [1.807, 2.05) is 0 Å². The van der Waals surface area contributed by atoms with Crippen LogP contribution in [0.5, 0.6) is 0 Å². The molecule has 1 heterocycles. The Morgan fingerprint density at radius 2 is 2.21 bits per heavy atom. The van der Waals surface area contributed by atoms with Gasteiger partial charge in [0.05, 0.1) is 6.54 Å². The van der Waals surface area contributed by atoms with Gasteiger partial charge in [0, 0.05) is 19.1 Å². The molecule has 1 aromatic rings. The zero-order valence-electron chi connectivity index (χ0n) is 11.9. The standard InChI is InChI=1S/C16H25NO2/c1-12-9-15(12)16-6-5-14(19-16)10-17-7-2-8-18-11-13-3-4-13/h5-6,12-13,15,17H,2-4,7-11H2,1H3. The molecule has 3 heteroatoms. The molecule has 0 amide bonds. The molecule has 19 heavy (non-hydrogen) atoms. The summed E-state index contributed by atoms with van der Waals surface area (Å²) in [7, 11) is 0. The molecule has 2 aliphatic carbocycles. The van der Waals surface area contributed by atoms with Crippen LogP contribution < -0.4 is 5.32 Å². The second-order valence-corrected chi connectivity index (χ2v) is 6.17. The topological polar surface area (TPSA) is 34.4 Å². The number of hydrogen-bond acceptors (Lipinski definition) is 3. The highest BCUT2D eigenvalue weighted by Crippen LogP contribution is 2.47. The van der Waals surface area contributed by atoms with E-state index in [1.165, 1.54) is 25.0 Å². The monoisotopic (exact) mass is 263 g/mol. The Bertz CT molecular complexity index is 397. The Labute approximate surface area is 115 Å². The zero-order chi connectivity index (χ0) is 13.1. The van der Waals surface area contributed by atoms with E-state index in [0.29, 0.717) is 5.92 Å². The lowest BCUT2D eigenvalue weighted by atomic mass is 10.3. The normalized spacial score (nSPS) is 25.7. The third-order valence-electron chi connectivity index (χ3n) is 4.15. The van der Waals surface area contributed by atoms with Crippen molar-refractivity contribution in [3.8, 4) is 0 Å². The van der Waals surface area contributed by atoms with Crippen molar-refractivity contribution in [1.29, 1.82) is 0 Å². The number of ether oxygens (including phenoxy) is 1. The van der Waals surface area contributed by atoms with E-state index in [-0.39, 0.29) is 0 Å². The van der Waals surface area contributed by atoms with Crippen LogP contribution in [0.4, 0.5) is 0 Å². The van der Waals surface area contributed by atoms with Crippen molar-refractivity contribution in [1.82, 2.24) is 5.32 Å². The largest absolute Gasteiger partial charge is 0.464 e. The lowest BCUT2D eigenvalue weighted by Crippen LogP contribution is -2.16. The minimum Gasteiger partial charge on any atom is -0.464 e. The summed E-state index contributed by atoms with van der Waals surface area (Å²) in [4.78, 5) is 0. The number of hydrogen-bond donors (Lipinski definition) is 1. The summed E-state index contributed by atoms with van der Waals surface area (Å²) in [6.07, 6.45) is 5.12. The van der Waals surface area contributed by atoms with Crippen LogP contribution in [0, 0.1) is 11.8 Å². The highest BCUT2D eigenvalue weighted by Gasteiger charge is 2.36. The van der Waals surface area contributed by atoms with Crippen molar-refractivity contribution in [2.24, 2.45) is 11.8 Å². The Kier molecular flexibility index (Phi) is 4.24. The average molecular weight is 263 g/mol. The minimum atomic E-state index is 0.685. The maximum atomic E-state index is 5.85. The van der Waals surface area contributed by atoms with Gasteiger partial charge in [-0.05, 0) is 56.2 Å². The molecule has 3 rings (SSSR count). The fourth-order valence-corrected chi connectivity index (χ4v) is 2.45. The van der Waals surface area contributed by atoms with Gasteiger partial charge in [0.2, 0.25) is 0 Å². The molecule has 0 spiro atoms. The Balaban J connectivity index is 1.24. The fourth-order valence-electron chi connectivity index (χ4n) is 2.45. The summed E-state index contributed by atoms with van der Waals surface area (Å²) >= 11 is 0. The van der Waals surface area contributed by atoms with E-state index >= 15 is 0 Å². The maximum absolute atomic E-state index is 5.85. The number of furan rings is 1. The first-order valence-corrected chi connectivity index (χ1v) is 7.70. The first-order valence-electron chi connectivity index (χ1n) is 7.70. The summed E-state index contributed by atoms with van der Waals surface area (Å²) in [6.45, 7) is 5.98. The molecule has 3 nitrogen and oxygen atoms in total. The van der Waals surface area contributed by atoms with Crippen LogP contribution in [0.3, 0.4) is 0 Å². The molecule has 2 atom stereocenters. The second-order valence-electron chi connectivity index (χ2n) is 6.17. The van der Waals surface area contributed by atoms with E-state index < -0.39 is 0 Å². The van der Waals surface area contributed by atoms with Crippen LogP contribution in [-0.2, 0) is 11.3 Å². The van der Waals surface area contributed by atoms with Gasteiger partial charge in [0.25, 0.3) is 0 Å². The van der Waals surface area contributed by atoms with Crippen molar-refractivity contribution in [2.75, 3.05) is 19.8 Å². The van der Waals surface area contributed by atoms with Crippen LogP contribution in [0.1, 0.15) is 50.0 Å². The van der Waals surface area contributed by atoms with Gasteiger partial charge in [-0.15, -0.1) is 0 Å². The molecule has 1 N–H and O–H groups in total. The molecular weight excluding hydrogens is 238 g/mol. The molecule has 2 fully saturated rings. The maximum Gasteiger partial charge on any atom is 0.117 e.